The van der Waals surface area contributed by atoms with Crippen LogP contribution in [-0.4, -0.2) is 39.5 Å². The molecule has 0 spiro atoms. The molecule has 1 saturated heterocycles. The van der Waals surface area contributed by atoms with Crippen molar-refractivity contribution in [3.05, 3.63) is 41.2 Å². The third-order valence-electron chi connectivity index (χ3n) is 4.41. The van der Waals surface area contributed by atoms with E-state index in [2.05, 4.69) is 4.98 Å². The van der Waals surface area contributed by atoms with Crippen LogP contribution in [-0.2, 0) is 4.79 Å². The number of halogens is 1. The summed E-state index contributed by atoms with van der Waals surface area (Å²) >= 11 is 1.24. The summed E-state index contributed by atoms with van der Waals surface area (Å²) in [6.45, 7) is 0.607. The summed E-state index contributed by atoms with van der Waals surface area (Å²) in [4.78, 5) is 29.7. The highest BCUT2D eigenvalue weighted by Gasteiger charge is 2.29. The number of piperidine rings is 1. The number of carboxylic acid groups (broad SMARTS) is 1. The second-order valence-corrected chi connectivity index (χ2v) is 6.96. The molecule has 7 heteroatoms. The van der Waals surface area contributed by atoms with Gasteiger partial charge >= 0.3 is 5.97 Å². The fourth-order valence-electron chi connectivity index (χ4n) is 3.14. The monoisotopic (exact) mass is 362 g/mol. The lowest BCUT2D eigenvalue weighted by Gasteiger charge is -2.35. The molecule has 132 valence electrons. The van der Waals surface area contributed by atoms with Crippen LogP contribution in [0.1, 0.15) is 42.6 Å². The first kappa shape index (κ1) is 17.5. The number of thiazole rings is 1. The van der Waals surface area contributed by atoms with Crippen LogP contribution in [0.5, 0.6) is 0 Å². The Morgan fingerprint density at radius 1 is 1.32 bits per heavy atom. The summed E-state index contributed by atoms with van der Waals surface area (Å²) in [5, 5.41) is 11.0. The van der Waals surface area contributed by atoms with Gasteiger partial charge in [0, 0.05) is 30.0 Å². The number of carbonyl (C=O) groups excluding carboxylic acids is 1. The number of hydrogen-bond acceptors (Lipinski definition) is 4. The molecule has 5 nitrogen and oxygen atoms in total. The summed E-state index contributed by atoms with van der Waals surface area (Å²) in [7, 11) is 0. The second kappa shape index (κ2) is 7.74. The first-order valence-electron chi connectivity index (χ1n) is 8.29. The van der Waals surface area contributed by atoms with Crippen molar-refractivity contribution < 1.29 is 19.1 Å². The highest BCUT2D eigenvalue weighted by molar-refractivity contribution is 7.13. The number of benzene rings is 1. The molecule has 0 bridgehead atoms. The van der Waals surface area contributed by atoms with Gasteiger partial charge in [-0.2, -0.15) is 0 Å². The Bertz CT molecular complexity index is 777. The van der Waals surface area contributed by atoms with Crippen molar-refractivity contribution in [2.75, 3.05) is 6.54 Å². The van der Waals surface area contributed by atoms with Crippen LogP contribution in [0.3, 0.4) is 0 Å². The van der Waals surface area contributed by atoms with Gasteiger partial charge in [-0.3, -0.25) is 9.59 Å². The molecular formula is C18H19FN2O3S. The van der Waals surface area contributed by atoms with Crippen molar-refractivity contribution in [1.82, 2.24) is 9.88 Å². The predicted octanol–water partition coefficient (Wildman–Crippen LogP) is 3.81. The predicted molar refractivity (Wildman–Crippen MR) is 93.1 cm³/mol. The van der Waals surface area contributed by atoms with Gasteiger partial charge in [-0.25, -0.2) is 9.37 Å². The van der Waals surface area contributed by atoms with Crippen LogP contribution in [0, 0.1) is 5.82 Å². The van der Waals surface area contributed by atoms with Crippen LogP contribution in [0.15, 0.2) is 29.6 Å². The van der Waals surface area contributed by atoms with Crippen LogP contribution in [0.4, 0.5) is 4.39 Å². The summed E-state index contributed by atoms with van der Waals surface area (Å²) in [5.41, 5.74) is 0.679. The molecule has 25 heavy (non-hydrogen) atoms. The average Bonchev–Trinajstić information content (AvgIpc) is 3.10. The van der Waals surface area contributed by atoms with E-state index < -0.39 is 5.97 Å². The van der Waals surface area contributed by atoms with Crippen LogP contribution in [0.2, 0.25) is 0 Å². The number of aromatic nitrogens is 1. The van der Waals surface area contributed by atoms with E-state index in [0.717, 1.165) is 19.3 Å². The van der Waals surface area contributed by atoms with Crippen molar-refractivity contribution >= 4 is 23.2 Å². The Morgan fingerprint density at radius 2 is 2.12 bits per heavy atom. The summed E-state index contributed by atoms with van der Waals surface area (Å²) < 4.78 is 13.9. The standard InChI is InChI=1S/C18H19FN2O3S/c19-14-7-2-1-6-13(14)17-20-15(11-25-17)18(24)21-10-4-3-5-12(21)8-9-16(22)23/h1-2,6-7,11-12H,3-5,8-10H2,(H,22,23). The van der Waals surface area contributed by atoms with Crippen molar-refractivity contribution in [2.45, 2.75) is 38.1 Å². The van der Waals surface area contributed by atoms with E-state index in [0.29, 0.717) is 29.2 Å². The fraction of sp³-hybridized carbons (Fsp3) is 0.389. The maximum Gasteiger partial charge on any atom is 0.303 e. The van der Waals surface area contributed by atoms with Crippen molar-refractivity contribution in [2.24, 2.45) is 0 Å². The number of carboxylic acids is 1. The number of carbonyl (C=O) groups is 2. The molecular weight excluding hydrogens is 343 g/mol. The molecule has 0 aliphatic carbocycles. The number of likely N-dealkylation sites (tertiary alicyclic amines) is 1. The third kappa shape index (κ3) is 4.04. The lowest BCUT2D eigenvalue weighted by atomic mass is 9.97. The topological polar surface area (TPSA) is 70.5 Å². The van der Waals surface area contributed by atoms with E-state index in [1.54, 1.807) is 28.5 Å². The van der Waals surface area contributed by atoms with Crippen molar-refractivity contribution in [3.8, 4) is 10.6 Å². The number of aliphatic carboxylic acids is 1. The molecule has 1 amide bonds. The number of amides is 1. The molecule has 0 saturated carbocycles. The minimum atomic E-state index is -0.853. The van der Waals surface area contributed by atoms with Gasteiger partial charge in [-0.1, -0.05) is 12.1 Å². The number of rotatable bonds is 5. The van der Waals surface area contributed by atoms with Gasteiger partial charge in [0.1, 0.15) is 16.5 Å². The normalized spacial score (nSPS) is 17.5. The van der Waals surface area contributed by atoms with E-state index >= 15 is 0 Å². The molecule has 3 rings (SSSR count). The van der Waals surface area contributed by atoms with E-state index in [1.807, 2.05) is 0 Å². The largest absolute Gasteiger partial charge is 0.481 e. The molecule has 2 heterocycles. The molecule has 1 aromatic heterocycles. The van der Waals surface area contributed by atoms with Gasteiger partial charge in [0.2, 0.25) is 0 Å². The van der Waals surface area contributed by atoms with E-state index in [1.165, 1.54) is 17.4 Å². The van der Waals surface area contributed by atoms with E-state index in [9.17, 15) is 14.0 Å². The molecule has 1 fully saturated rings. The molecule has 1 aromatic carbocycles. The Balaban J connectivity index is 1.78. The van der Waals surface area contributed by atoms with Crippen molar-refractivity contribution in [1.29, 1.82) is 0 Å². The summed E-state index contributed by atoms with van der Waals surface area (Å²) in [6.07, 6.45) is 3.20. The molecule has 1 aliphatic heterocycles. The lowest BCUT2D eigenvalue weighted by molar-refractivity contribution is -0.137. The quantitative estimate of drug-likeness (QED) is 0.878. The van der Waals surface area contributed by atoms with Gasteiger partial charge < -0.3 is 10.0 Å². The van der Waals surface area contributed by atoms with Crippen LogP contribution in [0.25, 0.3) is 10.6 Å². The maximum absolute atomic E-state index is 13.9. The lowest BCUT2D eigenvalue weighted by Crippen LogP contribution is -2.44. The third-order valence-corrected chi connectivity index (χ3v) is 5.28. The minimum Gasteiger partial charge on any atom is -0.481 e. The zero-order chi connectivity index (χ0) is 17.8. The van der Waals surface area contributed by atoms with Crippen LogP contribution >= 0.6 is 11.3 Å². The van der Waals surface area contributed by atoms with Gasteiger partial charge in [0.15, 0.2) is 0 Å². The zero-order valence-corrected chi connectivity index (χ0v) is 14.5. The Hall–Kier alpha value is -2.28. The summed E-state index contributed by atoms with van der Waals surface area (Å²) in [5.74, 6) is -1.42. The highest BCUT2D eigenvalue weighted by Crippen LogP contribution is 2.28. The first-order valence-corrected chi connectivity index (χ1v) is 9.17. The van der Waals surface area contributed by atoms with Gasteiger partial charge in [-0.05, 0) is 37.8 Å². The molecule has 1 unspecified atom stereocenters. The van der Waals surface area contributed by atoms with Gasteiger partial charge in [-0.15, -0.1) is 11.3 Å². The Labute approximate surface area is 149 Å². The Morgan fingerprint density at radius 3 is 2.88 bits per heavy atom. The second-order valence-electron chi connectivity index (χ2n) is 6.10. The van der Waals surface area contributed by atoms with Crippen molar-refractivity contribution in [3.63, 3.8) is 0 Å². The van der Waals surface area contributed by atoms with E-state index in [4.69, 9.17) is 5.11 Å². The van der Waals surface area contributed by atoms with Crippen LogP contribution < -0.4 is 0 Å². The van der Waals surface area contributed by atoms with E-state index in [-0.39, 0.29) is 24.2 Å². The zero-order valence-electron chi connectivity index (χ0n) is 13.7. The molecule has 1 N–H and O–H groups in total. The molecule has 0 radical (unpaired) electrons. The molecule has 2 aromatic rings. The number of nitrogens with zero attached hydrogens (tertiary/aromatic N) is 2. The Kier molecular flexibility index (Phi) is 5.43. The molecule has 1 atom stereocenters. The average molecular weight is 362 g/mol. The summed E-state index contributed by atoms with van der Waals surface area (Å²) in [6, 6.07) is 6.27. The van der Waals surface area contributed by atoms with Gasteiger partial charge in [0.25, 0.3) is 5.91 Å². The number of hydrogen-bond donors (Lipinski definition) is 1. The smallest absolute Gasteiger partial charge is 0.303 e. The van der Waals surface area contributed by atoms with Gasteiger partial charge in [0.05, 0.1) is 0 Å². The first-order chi connectivity index (χ1) is 12.1. The highest BCUT2D eigenvalue weighted by atomic mass is 32.1. The minimum absolute atomic E-state index is 0.0476. The maximum atomic E-state index is 13.9. The SMILES string of the molecule is O=C(O)CCC1CCCCN1C(=O)c1csc(-c2ccccc2F)n1. The molecule has 1 aliphatic rings. The fourth-order valence-corrected chi connectivity index (χ4v) is 3.96.